The number of carbonyl (C=O) groups is 1. The maximum atomic E-state index is 13.5. The maximum Gasteiger partial charge on any atom is 0.256 e. The van der Waals surface area contributed by atoms with Crippen molar-refractivity contribution in [3.63, 3.8) is 0 Å². The fraction of sp³-hybridized carbons (Fsp3) is 0.462. The molecular weight excluding hydrogens is 219 g/mol. The molecule has 0 saturated carbocycles. The van der Waals surface area contributed by atoms with E-state index >= 15 is 0 Å². The average molecular weight is 238 g/mol. The lowest BCUT2D eigenvalue weighted by Crippen LogP contribution is -2.35. The molecule has 3 nitrogen and oxygen atoms in total. The summed E-state index contributed by atoms with van der Waals surface area (Å²) in [5, 5.41) is 0. The fourth-order valence-electron chi connectivity index (χ4n) is 1.71. The van der Waals surface area contributed by atoms with Gasteiger partial charge in [-0.2, -0.15) is 0 Å². The van der Waals surface area contributed by atoms with E-state index in [4.69, 9.17) is 5.73 Å². The number of rotatable bonds is 4. The first-order valence-corrected chi connectivity index (χ1v) is 5.79. The van der Waals surface area contributed by atoms with Crippen LogP contribution < -0.4 is 5.73 Å². The van der Waals surface area contributed by atoms with E-state index in [0.717, 1.165) is 12.8 Å². The largest absolute Gasteiger partial charge is 0.399 e. The highest BCUT2D eigenvalue weighted by atomic mass is 19.1. The zero-order chi connectivity index (χ0) is 13.0. The van der Waals surface area contributed by atoms with Gasteiger partial charge in [0.2, 0.25) is 0 Å². The molecule has 0 heterocycles. The van der Waals surface area contributed by atoms with Crippen molar-refractivity contribution in [1.82, 2.24) is 4.90 Å². The molecule has 94 valence electrons. The maximum absolute atomic E-state index is 13.5. The highest BCUT2D eigenvalue weighted by Crippen LogP contribution is 2.16. The van der Waals surface area contributed by atoms with Crippen molar-refractivity contribution in [2.45, 2.75) is 32.7 Å². The average Bonchev–Trinajstić information content (AvgIpc) is 2.30. The van der Waals surface area contributed by atoms with Crippen LogP contribution in [0.4, 0.5) is 10.1 Å². The first kappa shape index (κ1) is 13.5. The number of nitrogens with zero attached hydrogens (tertiary/aromatic N) is 1. The summed E-state index contributed by atoms with van der Waals surface area (Å²) in [6.07, 6.45) is 1.88. The number of nitrogen functional groups attached to an aromatic ring is 1. The molecule has 0 fully saturated rings. The number of carbonyl (C=O) groups excluding carboxylic acids is 1. The highest BCUT2D eigenvalue weighted by molar-refractivity contribution is 5.95. The van der Waals surface area contributed by atoms with Crippen molar-refractivity contribution in [2.24, 2.45) is 0 Å². The highest BCUT2D eigenvalue weighted by Gasteiger charge is 2.20. The summed E-state index contributed by atoms with van der Waals surface area (Å²) in [7, 11) is 1.69. The number of benzene rings is 1. The minimum absolute atomic E-state index is 0.0375. The zero-order valence-corrected chi connectivity index (χ0v) is 10.5. The number of halogens is 1. The predicted octanol–water partition coefficient (Wildman–Crippen LogP) is 2.67. The molecule has 4 heteroatoms. The second-order valence-corrected chi connectivity index (χ2v) is 4.29. The summed E-state index contributed by atoms with van der Waals surface area (Å²) in [5.74, 6) is -0.851. The van der Waals surface area contributed by atoms with Crippen LogP contribution in [0.25, 0.3) is 0 Å². The monoisotopic (exact) mass is 238 g/mol. The van der Waals surface area contributed by atoms with Gasteiger partial charge in [0.1, 0.15) is 5.82 Å². The first-order chi connectivity index (χ1) is 7.97. The van der Waals surface area contributed by atoms with Gasteiger partial charge in [-0.25, -0.2) is 4.39 Å². The summed E-state index contributed by atoms with van der Waals surface area (Å²) in [4.78, 5) is 13.6. The first-order valence-electron chi connectivity index (χ1n) is 5.79. The topological polar surface area (TPSA) is 46.3 Å². The summed E-state index contributed by atoms with van der Waals surface area (Å²) < 4.78 is 13.5. The van der Waals surface area contributed by atoms with Crippen LogP contribution in [0.15, 0.2) is 18.2 Å². The van der Waals surface area contributed by atoms with E-state index < -0.39 is 5.82 Å². The Morgan fingerprint density at radius 2 is 2.18 bits per heavy atom. The lowest BCUT2D eigenvalue weighted by molar-refractivity contribution is 0.0732. The summed E-state index contributed by atoms with van der Waals surface area (Å²) >= 11 is 0. The van der Waals surface area contributed by atoms with E-state index in [1.807, 2.05) is 6.92 Å². The number of nitrogens with two attached hydrogens (primary N) is 1. The fourth-order valence-corrected chi connectivity index (χ4v) is 1.71. The van der Waals surface area contributed by atoms with E-state index in [1.54, 1.807) is 11.9 Å². The van der Waals surface area contributed by atoms with Gasteiger partial charge in [0.25, 0.3) is 5.91 Å². The van der Waals surface area contributed by atoms with E-state index in [2.05, 4.69) is 6.92 Å². The number of anilines is 1. The Hall–Kier alpha value is -1.58. The molecule has 1 rings (SSSR count). The lowest BCUT2D eigenvalue weighted by Gasteiger charge is -2.25. The Morgan fingerprint density at radius 1 is 1.53 bits per heavy atom. The molecule has 0 spiro atoms. The molecule has 0 saturated heterocycles. The third-order valence-electron chi connectivity index (χ3n) is 2.91. The van der Waals surface area contributed by atoms with Crippen molar-refractivity contribution < 1.29 is 9.18 Å². The molecule has 0 aliphatic heterocycles. The molecule has 1 aromatic rings. The number of hydrogen-bond acceptors (Lipinski definition) is 2. The van der Waals surface area contributed by atoms with E-state index in [1.165, 1.54) is 18.2 Å². The Balaban J connectivity index is 2.92. The van der Waals surface area contributed by atoms with Crippen LogP contribution in [-0.4, -0.2) is 23.9 Å². The summed E-state index contributed by atoms with van der Waals surface area (Å²) in [6.45, 7) is 4.00. The summed E-state index contributed by atoms with van der Waals surface area (Å²) in [6, 6.07) is 4.14. The third-order valence-corrected chi connectivity index (χ3v) is 2.91. The van der Waals surface area contributed by atoms with E-state index in [0.29, 0.717) is 5.69 Å². The van der Waals surface area contributed by atoms with Gasteiger partial charge in [0.05, 0.1) is 5.56 Å². The summed E-state index contributed by atoms with van der Waals surface area (Å²) in [5.41, 5.74) is 5.99. The Labute approximate surface area is 101 Å². The minimum Gasteiger partial charge on any atom is -0.399 e. The SMILES string of the molecule is CCCC(C)N(C)C(=O)c1cc(N)ccc1F. The molecule has 0 aliphatic carbocycles. The minimum atomic E-state index is -0.528. The second kappa shape index (κ2) is 5.66. The van der Waals surface area contributed by atoms with Crippen LogP contribution in [0.3, 0.4) is 0 Å². The number of hydrogen-bond donors (Lipinski definition) is 1. The molecule has 1 unspecified atom stereocenters. The predicted molar refractivity (Wildman–Crippen MR) is 67.3 cm³/mol. The Morgan fingerprint density at radius 3 is 2.76 bits per heavy atom. The van der Waals surface area contributed by atoms with Gasteiger partial charge in [0.15, 0.2) is 0 Å². The van der Waals surface area contributed by atoms with Gasteiger partial charge < -0.3 is 10.6 Å². The zero-order valence-electron chi connectivity index (χ0n) is 10.5. The second-order valence-electron chi connectivity index (χ2n) is 4.29. The normalized spacial score (nSPS) is 12.2. The van der Waals surface area contributed by atoms with Crippen molar-refractivity contribution in [3.05, 3.63) is 29.6 Å². The molecule has 1 aromatic carbocycles. The number of amides is 1. The van der Waals surface area contributed by atoms with Gasteiger partial charge in [-0.05, 0) is 31.5 Å². The van der Waals surface area contributed by atoms with Crippen LogP contribution in [0, 0.1) is 5.82 Å². The van der Waals surface area contributed by atoms with Crippen LogP contribution in [0.1, 0.15) is 37.0 Å². The van der Waals surface area contributed by atoms with Gasteiger partial charge in [-0.3, -0.25) is 4.79 Å². The quantitative estimate of drug-likeness (QED) is 0.820. The van der Waals surface area contributed by atoms with Crippen LogP contribution in [0.5, 0.6) is 0 Å². The Bertz CT molecular complexity index is 406. The molecule has 0 radical (unpaired) electrons. The van der Waals surface area contributed by atoms with E-state index in [9.17, 15) is 9.18 Å². The van der Waals surface area contributed by atoms with Gasteiger partial charge in [-0.15, -0.1) is 0 Å². The molecule has 0 bridgehead atoms. The Kier molecular flexibility index (Phi) is 4.49. The molecular formula is C13H19FN2O. The van der Waals surface area contributed by atoms with Crippen molar-refractivity contribution >= 4 is 11.6 Å². The van der Waals surface area contributed by atoms with Crippen molar-refractivity contribution in [2.75, 3.05) is 12.8 Å². The van der Waals surface area contributed by atoms with Gasteiger partial charge in [-0.1, -0.05) is 13.3 Å². The van der Waals surface area contributed by atoms with Crippen LogP contribution >= 0.6 is 0 Å². The molecule has 0 aliphatic rings. The van der Waals surface area contributed by atoms with Crippen LogP contribution in [0.2, 0.25) is 0 Å². The van der Waals surface area contributed by atoms with Crippen molar-refractivity contribution in [1.29, 1.82) is 0 Å². The lowest BCUT2D eigenvalue weighted by atomic mass is 10.1. The smallest absolute Gasteiger partial charge is 0.256 e. The standard InChI is InChI=1S/C13H19FN2O/c1-4-5-9(2)16(3)13(17)11-8-10(15)6-7-12(11)14/h6-9H,4-5,15H2,1-3H3. The molecule has 2 N–H and O–H groups in total. The van der Waals surface area contributed by atoms with Crippen molar-refractivity contribution in [3.8, 4) is 0 Å². The van der Waals surface area contributed by atoms with E-state index in [-0.39, 0.29) is 17.5 Å². The molecule has 17 heavy (non-hydrogen) atoms. The van der Waals surface area contributed by atoms with Gasteiger partial charge >= 0.3 is 0 Å². The molecule has 0 aromatic heterocycles. The third kappa shape index (κ3) is 3.19. The van der Waals surface area contributed by atoms with Crippen LogP contribution in [-0.2, 0) is 0 Å². The molecule has 1 amide bonds. The molecule has 1 atom stereocenters. The van der Waals surface area contributed by atoms with Gasteiger partial charge in [0, 0.05) is 18.8 Å².